The van der Waals surface area contributed by atoms with Crippen LogP contribution in [0.25, 0.3) is 0 Å². The van der Waals surface area contributed by atoms with Gasteiger partial charge in [0.05, 0.1) is 35.1 Å². The highest BCUT2D eigenvalue weighted by atomic mass is 127. The largest absolute Gasteiger partial charge is 0.504 e. The van der Waals surface area contributed by atoms with Crippen molar-refractivity contribution in [2.45, 2.75) is 28.5 Å². The second kappa shape index (κ2) is 9.34. The van der Waals surface area contributed by atoms with Crippen LogP contribution in [0.5, 0.6) is 11.5 Å². The SMILES string of the molecule is COC(=O)N1C(=O)C2CC=C3C(CC4(Cl)C(=O)N(CBr)C(=O)C4(Cl)C3c3cc(I)c(O)c(OC)c3)C2C1=O. The molecule has 1 N–H and O–H groups in total. The van der Waals surface area contributed by atoms with Gasteiger partial charge in [0, 0.05) is 5.92 Å². The topological polar surface area (TPSA) is 131 Å². The van der Waals surface area contributed by atoms with Crippen molar-refractivity contribution in [3.63, 3.8) is 0 Å². The molecule has 14 heteroatoms. The summed E-state index contributed by atoms with van der Waals surface area (Å²) in [6.07, 6.45) is 0.537. The van der Waals surface area contributed by atoms with Gasteiger partial charge in [-0.2, -0.15) is 4.90 Å². The van der Waals surface area contributed by atoms with Gasteiger partial charge in [0.15, 0.2) is 21.2 Å². The summed E-state index contributed by atoms with van der Waals surface area (Å²) in [5, 5.41) is 10.4. The maximum atomic E-state index is 13.8. The van der Waals surface area contributed by atoms with E-state index in [1.165, 1.54) is 13.2 Å². The van der Waals surface area contributed by atoms with E-state index >= 15 is 0 Å². The van der Waals surface area contributed by atoms with Crippen LogP contribution in [-0.4, -0.2) is 74.1 Å². The van der Waals surface area contributed by atoms with Crippen LogP contribution in [0.2, 0.25) is 0 Å². The Morgan fingerprint density at radius 1 is 1.16 bits per heavy atom. The molecule has 6 unspecified atom stereocenters. The van der Waals surface area contributed by atoms with Crippen molar-refractivity contribution < 1.29 is 38.6 Å². The molecule has 2 aliphatic carbocycles. The fraction of sp³-hybridized carbons (Fsp3) is 0.458. The zero-order chi connectivity index (χ0) is 27.9. The zero-order valence-electron chi connectivity index (χ0n) is 19.9. The molecule has 0 radical (unpaired) electrons. The minimum Gasteiger partial charge on any atom is -0.504 e. The lowest BCUT2D eigenvalue weighted by Gasteiger charge is -2.50. The number of phenolic OH excluding ortho intramolecular Hbond substituents is 1. The van der Waals surface area contributed by atoms with Crippen LogP contribution in [0.4, 0.5) is 4.79 Å². The van der Waals surface area contributed by atoms with Gasteiger partial charge in [0.2, 0.25) is 11.8 Å². The summed E-state index contributed by atoms with van der Waals surface area (Å²) in [7, 11) is 2.44. The molecule has 2 saturated heterocycles. The number of imide groups is 4. The molecule has 2 heterocycles. The highest BCUT2D eigenvalue weighted by Crippen LogP contribution is 2.65. The number of allylic oxidation sites excluding steroid dienone is 2. The van der Waals surface area contributed by atoms with Gasteiger partial charge < -0.3 is 14.6 Å². The first kappa shape index (κ1) is 27.7. The second-order valence-corrected chi connectivity index (χ2v) is 12.4. The molecule has 4 aliphatic rings. The average Bonchev–Trinajstić information content (AvgIpc) is 3.23. The number of phenols is 1. The van der Waals surface area contributed by atoms with Gasteiger partial charge in [-0.05, 0) is 59.0 Å². The number of rotatable bonds is 3. The highest BCUT2D eigenvalue weighted by Gasteiger charge is 2.76. The lowest BCUT2D eigenvalue weighted by Crippen LogP contribution is -2.60. The minimum absolute atomic E-state index is 0.101. The summed E-state index contributed by atoms with van der Waals surface area (Å²) in [4.78, 5) is 63.6. The Kier molecular flexibility index (Phi) is 6.80. The summed E-state index contributed by atoms with van der Waals surface area (Å²) in [6, 6.07) is 3.12. The van der Waals surface area contributed by atoms with Gasteiger partial charge in [-0.1, -0.05) is 27.6 Å². The Morgan fingerprint density at radius 3 is 2.45 bits per heavy atom. The van der Waals surface area contributed by atoms with Crippen LogP contribution in [-0.2, 0) is 23.9 Å². The summed E-state index contributed by atoms with van der Waals surface area (Å²) in [6.45, 7) is 0. The first-order chi connectivity index (χ1) is 17.9. The van der Waals surface area contributed by atoms with E-state index in [2.05, 4.69) is 20.7 Å². The molecule has 202 valence electrons. The molecule has 0 spiro atoms. The number of ether oxygens (including phenoxy) is 2. The molecule has 3 fully saturated rings. The third-order valence-electron chi connectivity index (χ3n) is 7.98. The average molecular weight is 742 g/mol. The quantitative estimate of drug-likeness (QED) is 0.164. The van der Waals surface area contributed by atoms with E-state index in [0.717, 1.165) is 12.0 Å². The van der Waals surface area contributed by atoms with E-state index in [0.29, 0.717) is 19.6 Å². The smallest absolute Gasteiger partial charge is 0.423 e. The van der Waals surface area contributed by atoms with Crippen LogP contribution < -0.4 is 4.74 Å². The summed E-state index contributed by atoms with van der Waals surface area (Å²) >= 11 is 19.3. The Balaban J connectivity index is 1.75. The predicted octanol–water partition coefficient (Wildman–Crippen LogP) is 3.48. The van der Waals surface area contributed by atoms with Gasteiger partial charge in [-0.3, -0.25) is 24.1 Å². The van der Waals surface area contributed by atoms with E-state index in [1.807, 2.05) is 22.6 Å². The number of carbonyl (C=O) groups is 5. The number of aromatic hydroxyl groups is 1. The van der Waals surface area contributed by atoms with Gasteiger partial charge in [0.1, 0.15) is 0 Å². The van der Waals surface area contributed by atoms with Crippen molar-refractivity contribution in [2.75, 3.05) is 19.7 Å². The van der Waals surface area contributed by atoms with Crippen LogP contribution in [0.3, 0.4) is 0 Å². The van der Waals surface area contributed by atoms with Crippen LogP contribution in [0.1, 0.15) is 24.3 Å². The lowest BCUT2D eigenvalue weighted by molar-refractivity contribution is -0.140. The third kappa shape index (κ3) is 3.38. The van der Waals surface area contributed by atoms with Crippen molar-refractivity contribution >= 4 is 91.4 Å². The third-order valence-corrected chi connectivity index (χ3v) is 10.7. The number of amides is 5. The van der Waals surface area contributed by atoms with Gasteiger partial charge in [0.25, 0.3) is 11.8 Å². The Hall–Kier alpha value is -1.90. The normalized spacial score (nSPS) is 34.1. The van der Waals surface area contributed by atoms with Gasteiger partial charge in [-0.25, -0.2) is 4.79 Å². The van der Waals surface area contributed by atoms with Crippen LogP contribution in [0, 0.1) is 21.3 Å². The highest BCUT2D eigenvalue weighted by molar-refractivity contribution is 14.1. The van der Waals surface area contributed by atoms with Crippen LogP contribution >= 0.6 is 61.7 Å². The van der Waals surface area contributed by atoms with Crippen molar-refractivity contribution in [1.29, 1.82) is 0 Å². The molecule has 1 saturated carbocycles. The number of nitrogens with zero attached hydrogens (tertiary/aromatic N) is 2. The summed E-state index contributed by atoms with van der Waals surface area (Å²) < 4.78 is 10.4. The molecule has 6 atom stereocenters. The molecule has 38 heavy (non-hydrogen) atoms. The number of likely N-dealkylation sites (tertiary alicyclic amines) is 2. The van der Waals surface area contributed by atoms with Crippen molar-refractivity contribution in [1.82, 2.24) is 9.80 Å². The monoisotopic (exact) mass is 740 g/mol. The Morgan fingerprint density at radius 2 is 1.84 bits per heavy atom. The lowest BCUT2D eigenvalue weighted by atomic mass is 9.56. The van der Waals surface area contributed by atoms with E-state index in [1.54, 1.807) is 12.1 Å². The zero-order valence-corrected chi connectivity index (χ0v) is 25.1. The predicted molar refractivity (Wildman–Crippen MR) is 145 cm³/mol. The number of hydrogen-bond acceptors (Lipinski definition) is 8. The van der Waals surface area contributed by atoms with Crippen LogP contribution in [0.15, 0.2) is 23.8 Å². The number of carbonyl (C=O) groups excluding carboxylic acids is 5. The maximum Gasteiger partial charge on any atom is 0.423 e. The Bertz CT molecular complexity index is 1360. The second-order valence-electron chi connectivity index (χ2n) is 9.52. The molecule has 5 rings (SSSR count). The summed E-state index contributed by atoms with van der Waals surface area (Å²) in [5.41, 5.74) is 0.823. The number of benzene rings is 1. The first-order valence-corrected chi connectivity index (χ1v) is 14.4. The minimum atomic E-state index is -1.99. The van der Waals surface area contributed by atoms with Crippen molar-refractivity contribution in [2.24, 2.45) is 17.8 Å². The fourth-order valence-corrected chi connectivity index (χ4v) is 8.37. The van der Waals surface area contributed by atoms with E-state index in [4.69, 9.17) is 27.9 Å². The molecule has 5 amide bonds. The molecule has 0 aromatic heterocycles. The Labute approximate surface area is 248 Å². The summed E-state index contributed by atoms with van der Waals surface area (Å²) in [5.74, 6) is -6.60. The molecular formula is C24H20BrCl2IN2O8. The van der Waals surface area contributed by atoms with Crippen molar-refractivity contribution in [3.8, 4) is 11.5 Å². The number of halogens is 4. The number of methoxy groups -OCH3 is 2. The number of hydrogen-bond donors (Lipinski definition) is 1. The van der Waals surface area contributed by atoms with E-state index < -0.39 is 63.1 Å². The number of fused-ring (bicyclic) bond motifs is 4. The molecule has 0 bridgehead atoms. The molecule has 10 nitrogen and oxygen atoms in total. The fourth-order valence-electron chi connectivity index (χ4n) is 6.31. The van der Waals surface area contributed by atoms with E-state index in [9.17, 15) is 29.1 Å². The molecule has 2 aliphatic heterocycles. The first-order valence-electron chi connectivity index (χ1n) is 11.4. The van der Waals surface area contributed by atoms with E-state index in [-0.39, 0.29) is 29.8 Å². The molecule has 1 aromatic rings. The standard InChI is InChI=1S/C24H20BrCl2IN2O8/c1-37-14-6-9(5-13(28)17(14)31)16-10-3-4-11-15(19(33)30(18(11)32)22(36)38-2)12(10)7-23(26)20(34)29(8-25)21(35)24(16,23)27/h3,5-6,11-12,15-16,31H,4,7-8H2,1-2H3. The van der Waals surface area contributed by atoms with Gasteiger partial charge in [-0.15, -0.1) is 23.2 Å². The number of alkyl halides is 3. The molecular weight excluding hydrogens is 722 g/mol. The van der Waals surface area contributed by atoms with Crippen molar-refractivity contribution in [3.05, 3.63) is 32.9 Å². The molecule has 1 aromatic carbocycles. The maximum absolute atomic E-state index is 13.8. The van der Waals surface area contributed by atoms with Gasteiger partial charge >= 0.3 is 6.09 Å².